The summed E-state index contributed by atoms with van der Waals surface area (Å²) in [5.74, 6) is -1.09. The molecular formula is C10H12N4O3S2. The van der Waals surface area contributed by atoms with Gasteiger partial charge < -0.3 is 5.11 Å². The Bertz CT molecular complexity index is 631. The first-order chi connectivity index (χ1) is 9.10. The first-order valence-electron chi connectivity index (χ1n) is 5.53. The second-order valence-electron chi connectivity index (χ2n) is 3.65. The lowest BCUT2D eigenvalue weighted by atomic mass is 10.4. The quantitative estimate of drug-likeness (QED) is 0.766. The standard InChI is InChI=1S/C10H12N4O3S2/c1-2-6-3-11-7(19-6)4-14-9(17)12-13-10(14)18-5-8(15)16/h3H,2,4-5H2,1H3,(H,12,17)(H,15,16). The lowest BCUT2D eigenvalue weighted by molar-refractivity contribution is -0.133. The number of rotatable bonds is 6. The van der Waals surface area contributed by atoms with Crippen LogP contribution in [-0.4, -0.2) is 36.6 Å². The molecule has 2 aromatic heterocycles. The predicted octanol–water partition coefficient (Wildman–Crippen LogP) is 0.815. The fraction of sp³-hybridized carbons (Fsp3) is 0.400. The third kappa shape index (κ3) is 3.44. The number of carboxylic acid groups (broad SMARTS) is 1. The lowest BCUT2D eigenvalue weighted by Gasteiger charge is -2.01. The Hall–Kier alpha value is -1.61. The largest absolute Gasteiger partial charge is 0.481 e. The second kappa shape index (κ2) is 6.02. The minimum atomic E-state index is -0.950. The van der Waals surface area contributed by atoms with Gasteiger partial charge in [-0.1, -0.05) is 18.7 Å². The van der Waals surface area contributed by atoms with E-state index in [1.807, 2.05) is 6.92 Å². The van der Waals surface area contributed by atoms with Gasteiger partial charge in [-0.3, -0.25) is 9.36 Å². The minimum absolute atomic E-state index is 0.137. The molecule has 0 aliphatic carbocycles. The van der Waals surface area contributed by atoms with Gasteiger partial charge in [-0.25, -0.2) is 14.9 Å². The van der Waals surface area contributed by atoms with Crippen molar-refractivity contribution < 1.29 is 9.90 Å². The van der Waals surface area contributed by atoms with Crippen molar-refractivity contribution in [2.75, 3.05) is 5.75 Å². The number of aliphatic carboxylic acids is 1. The van der Waals surface area contributed by atoms with Gasteiger partial charge >= 0.3 is 11.7 Å². The monoisotopic (exact) mass is 300 g/mol. The van der Waals surface area contributed by atoms with Crippen LogP contribution in [0.4, 0.5) is 0 Å². The molecule has 0 bridgehead atoms. The molecule has 2 rings (SSSR count). The molecule has 0 spiro atoms. The number of H-pyrrole nitrogens is 1. The molecule has 102 valence electrons. The number of thiazole rings is 1. The molecule has 0 aliphatic rings. The summed E-state index contributed by atoms with van der Waals surface area (Å²) in [6.07, 6.45) is 2.69. The summed E-state index contributed by atoms with van der Waals surface area (Å²) in [6, 6.07) is 0. The molecule has 0 aromatic carbocycles. The van der Waals surface area contributed by atoms with E-state index >= 15 is 0 Å². The van der Waals surface area contributed by atoms with Gasteiger partial charge in [0.1, 0.15) is 5.01 Å². The van der Waals surface area contributed by atoms with Crippen LogP contribution >= 0.6 is 23.1 Å². The fourth-order valence-corrected chi connectivity index (χ4v) is 2.92. The molecule has 0 atom stereocenters. The van der Waals surface area contributed by atoms with E-state index in [2.05, 4.69) is 15.2 Å². The second-order valence-corrected chi connectivity index (χ2v) is 5.80. The number of hydrogen-bond donors (Lipinski definition) is 2. The topological polar surface area (TPSA) is 101 Å². The summed E-state index contributed by atoms with van der Waals surface area (Å²) in [5.41, 5.74) is -0.360. The molecule has 0 radical (unpaired) electrons. The van der Waals surface area contributed by atoms with Gasteiger partial charge in [-0.2, -0.15) is 0 Å². The van der Waals surface area contributed by atoms with Gasteiger partial charge in [0.25, 0.3) is 0 Å². The zero-order valence-electron chi connectivity index (χ0n) is 10.1. The van der Waals surface area contributed by atoms with E-state index in [1.54, 1.807) is 6.20 Å². The molecule has 2 N–H and O–H groups in total. The van der Waals surface area contributed by atoms with Crippen molar-refractivity contribution in [1.82, 2.24) is 19.7 Å². The first-order valence-corrected chi connectivity index (χ1v) is 7.33. The van der Waals surface area contributed by atoms with Crippen molar-refractivity contribution in [1.29, 1.82) is 0 Å². The molecule has 2 heterocycles. The van der Waals surface area contributed by atoms with E-state index in [9.17, 15) is 9.59 Å². The van der Waals surface area contributed by atoms with Crippen LogP contribution in [0.2, 0.25) is 0 Å². The first kappa shape index (κ1) is 13.8. The number of aryl methyl sites for hydroxylation is 1. The van der Waals surface area contributed by atoms with Crippen LogP contribution in [0.3, 0.4) is 0 Å². The number of carbonyl (C=O) groups is 1. The zero-order chi connectivity index (χ0) is 13.8. The number of aromatic nitrogens is 4. The third-order valence-corrected chi connectivity index (χ3v) is 4.38. The number of hydrogen-bond acceptors (Lipinski definition) is 6. The molecule has 0 unspecified atom stereocenters. The number of thioether (sulfide) groups is 1. The van der Waals surface area contributed by atoms with Gasteiger partial charge in [0.2, 0.25) is 0 Å². The van der Waals surface area contributed by atoms with Crippen molar-refractivity contribution in [3.63, 3.8) is 0 Å². The van der Waals surface area contributed by atoms with Crippen LogP contribution in [0, 0.1) is 0 Å². The molecule has 0 saturated heterocycles. The molecule has 0 amide bonds. The van der Waals surface area contributed by atoms with Gasteiger partial charge in [0, 0.05) is 11.1 Å². The van der Waals surface area contributed by atoms with E-state index < -0.39 is 5.97 Å². The number of carboxylic acids is 1. The van der Waals surface area contributed by atoms with Crippen LogP contribution in [0.25, 0.3) is 0 Å². The van der Waals surface area contributed by atoms with Crippen LogP contribution in [0.15, 0.2) is 16.1 Å². The summed E-state index contributed by atoms with van der Waals surface area (Å²) >= 11 is 2.54. The maximum atomic E-state index is 11.6. The maximum Gasteiger partial charge on any atom is 0.344 e. The molecule has 2 aromatic rings. The Morgan fingerprint density at radius 1 is 1.63 bits per heavy atom. The Morgan fingerprint density at radius 2 is 2.42 bits per heavy atom. The highest BCUT2D eigenvalue weighted by Gasteiger charge is 2.12. The van der Waals surface area contributed by atoms with Crippen LogP contribution in [-0.2, 0) is 17.8 Å². The lowest BCUT2D eigenvalue weighted by Crippen LogP contribution is -2.18. The molecular weight excluding hydrogens is 288 g/mol. The normalized spacial score (nSPS) is 10.8. The third-order valence-electron chi connectivity index (χ3n) is 2.29. The highest BCUT2D eigenvalue weighted by Crippen LogP contribution is 2.17. The van der Waals surface area contributed by atoms with Crippen molar-refractivity contribution in [3.8, 4) is 0 Å². The van der Waals surface area contributed by atoms with Crippen LogP contribution in [0.1, 0.15) is 16.8 Å². The summed E-state index contributed by atoms with van der Waals surface area (Å²) in [7, 11) is 0. The van der Waals surface area contributed by atoms with Crippen molar-refractivity contribution in [2.45, 2.75) is 25.0 Å². The smallest absolute Gasteiger partial charge is 0.344 e. The zero-order valence-corrected chi connectivity index (χ0v) is 11.8. The Balaban J connectivity index is 2.16. The average molecular weight is 300 g/mol. The SMILES string of the molecule is CCc1cnc(Cn2c(SCC(=O)O)n[nH]c2=O)s1. The van der Waals surface area contributed by atoms with E-state index in [0.717, 1.165) is 28.1 Å². The van der Waals surface area contributed by atoms with Gasteiger partial charge in [0.15, 0.2) is 5.16 Å². The molecule has 0 fully saturated rings. The summed E-state index contributed by atoms with van der Waals surface area (Å²) < 4.78 is 1.39. The molecule has 9 heteroatoms. The van der Waals surface area contributed by atoms with Crippen LogP contribution in [0.5, 0.6) is 0 Å². The van der Waals surface area contributed by atoms with Crippen molar-refractivity contribution >= 4 is 29.1 Å². The molecule has 7 nitrogen and oxygen atoms in total. The fourth-order valence-electron chi connectivity index (χ4n) is 1.40. The highest BCUT2D eigenvalue weighted by atomic mass is 32.2. The summed E-state index contributed by atoms with van der Waals surface area (Å²) in [6.45, 7) is 2.34. The van der Waals surface area contributed by atoms with Crippen molar-refractivity contribution in [2.24, 2.45) is 0 Å². The molecule has 0 saturated carbocycles. The van der Waals surface area contributed by atoms with Crippen LogP contribution < -0.4 is 5.69 Å². The van der Waals surface area contributed by atoms with Gasteiger partial charge in [0.05, 0.1) is 12.3 Å². The predicted molar refractivity (Wildman–Crippen MR) is 71.8 cm³/mol. The Kier molecular flexibility index (Phi) is 4.38. The highest BCUT2D eigenvalue weighted by molar-refractivity contribution is 7.99. The number of nitrogens with zero attached hydrogens (tertiary/aromatic N) is 3. The Labute approximate surface area is 116 Å². The van der Waals surface area contributed by atoms with E-state index in [1.165, 1.54) is 15.9 Å². The molecule has 0 aliphatic heterocycles. The van der Waals surface area contributed by atoms with Gasteiger partial charge in [-0.15, -0.1) is 16.4 Å². The minimum Gasteiger partial charge on any atom is -0.481 e. The number of aromatic amines is 1. The summed E-state index contributed by atoms with van der Waals surface area (Å²) in [5, 5.41) is 15.9. The van der Waals surface area contributed by atoms with E-state index in [-0.39, 0.29) is 11.4 Å². The Morgan fingerprint density at radius 3 is 3.05 bits per heavy atom. The number of nitrogens with one attached hydrogen (secondary N) is 1. The van der Waals surface area contributed by atoms with E-state index in [4.69, 9.17) is 5.11 Å². The molecule has 19 heavy (non-hydrogen) atoms. The van der Waals surface area contributed by atoms with E-state index in [0.29, 0.717) is 11.7 Å². The average Bonchev–Trinajstić information content (AvgIpc) is 2.96. The summed E-state index contributed by atoms with van der Waals surface area (Å²) in [4.78, 5) is 27.5. The van der Waals surface area contributed by atoms with Crippen molar-refractivity contribution in [3.05, 3.63) is 26.6 Å². The maximum absolute atomic E-state index is 11.6. The van der Waals surface area contributed by atoms with Gasteiger partial charge in [-0.05, 0) is 6.42 Å².